The minimum absolute atomic E-state index is 0.00559. The normalized spacial score (nSPS) is 17.4. The van der Waals surface area contributed by atoms with Crippen LogP contribution in [0.15, 0.2) is 45.3 Å². The van der Waals surface area contributed by atoms with Gasteiger partial charge in [0, 0.05) is 69.0 Å². The number of carbonyl (C=O) groups excluding carboxylic acids is 1. The Kier molecular flexibility index (Phi) is 17.6. The molecular weight excluding hydrogens is 819 g/mol. The zero-order chi connectivity index (χ0) is 37.6. The molecule has 1 N–H and O–H groups in total. The predicted molar refractivity (Wildman–Crippen MR) is 214 cm³/mol. The van der Waals surface area contributed by atoms with Crippen molar-refractivity contribution in [3.05, 3.63) is 66.5 Å². The Balaban J connectivity index is 0.000000482. The van der Waals surface area contributed by atoms with Crippen molar-refractivity contribution < 1.29 is 23.1 Å². The lowest BCUT2D eigenvalue weighted by Crippen LogP contribution is -2.47. The highest BCUT2D eigenvalue weighted by Crippen LogP contribution is 2.42. The van der Waals surface area contributed by atoms with Crippen molar-refractivity contribution in [3.8, 4) is 0 Å². The fraction of sp³-hybridized carbons (Fsp3) is 0.649. The second-order valence-corrected chi connectivity index (χ2v) is 22.5. The molecule has 2 aromatic carbocycles. The monoisotopic (exact) mass is 872 g/mol. The minimum Gasteiger partial charge on any atom is -0.469 e. The highest BCUT2D eigenvalue weighted by atomic mass is 79.9. The fourth-order valence-corrected chi connectivity index (χ4v) is 9.52. The Morgan fingerprint density at radius 2 is 1.12 bits per heavy atom. The highest BCUT2D eigenvalue weighted by molar-refractivity contribution is 9.10. The maximum atomic E-state index is 13.0. The number of methoxy groups -OCH3 is 1. The van der Waals surface area contributed by atoms with Crippen molar-refractivity contribution in [1.29, 1.82) is 0 Å². The number of halogens is 4. The molecule has 11 heteroatoms. The molecule has 2 unspecified atom stereocenters. The van der Waals surface area contributed by atoms with Crippen molar-refractivity contribution in [3.63, 3.8) is 0 Å². The molecule has 0 aliphatic heterocycles. The second kappa shape index (κ2) is 18.5. The maximum Gasteiger partial charge on any atom is 0.309 e. The van der Waals surface area contributed by atoms with E-state index in [1.807, 2.05) is 98.7 Å². The lowest BCUT2D eigenvalue weighted by Gasteiger charge is -2.41. The van der Waals surface area contributed by atoms with Gasteiger partial charge in [-0.1, -0.05) is 76.9 Å². The highest BCUT2D eigenvalue weighted by Gasteiger charge is 2.46. The molecule has 5 nitrogen and oxygen atoms in total. The summed E-state index contributed by atoms with van der Waals surface area (Å²) in [6.07, 6.45) is 0. The number of carbonyl (C=O) groups is 1. The molecule has 274 valence electrons. The number of aliphatic hydroxyl groups excluding tert-OH is 1. The molecule has 6 atom stereocenters. The first kappa shape index (κ1) is 45.7. The van der Waals surface area contributed by atoms with E-state index < -0.39 is 38.3 Å². The van der Waals surface area contributed by atoms with Gasteiger partial charge in [0.25, 0.3) is 0 Å². The van der Waals surface area contributed by atoms with E-state index in [2.05, 4.69) is 52.6 Å². The largest absolute Gasteiger partial charge is 0.469 e. The lowest BCUT2D eigenvalue weighted by molar-refractivity contribution is -0.149. The fourth-order valence-electron chi connectivity index (χ4n) is 5.98. The maximum absolute atomic E-state index is 13.0. The van der Waals surface area contributed by atoms with Gasteiger partial charge in [-0.2, -0.15) is 0 Å². The third-order valence-electron chi connectivity index (χ3n) is 9.01. The topological polar surface area (TPSA) is 80.7 Å². The number of esters is 1. The van der Waals surface area contributed by atoms with Gasteiger partial charge in [0.2, 0.25) is 0 Å². The number of benzene rings is 2. The van der Waals surface area contributed by atoms with E-state index in [9.17, 15) is 18.3 Å². The molecule has 0 fully saturated rings. The van der Waals surface area contributed by atoms with Crippen LogP contribution in [0.25, 0.3) is 0 Å². The number of ether oxygens (including phenoxy) is 1. The molecule has 0 aliphatic rings. The molecule has 0 saturated heterocycles. The predicted octanol–water partition coefficient (Wildman–Crippen LogP) is 10.5. The number of aliphatic hydroxyl groups is 1. The van der Waals surface area contributed by atoms with Gasteiger partial charge in [-0.15, -0.1) is 0 Å². The zero-order valence-corrected chi connectivity index (χ0v) is 37.1. The van der Waals surface area contributed by atoms with E-state index in [1.54, 1.807) is 0 Å². The van der Waals surface area contributed by atoms with E-state index in [1.165, 1.54) is 7.11 Å². The number of hydrogen-bond donors (Lipinski definition) is 1. The summed E-state index contributed by atoms with van der Waals surface area (Å²) < 4.78 is 31.8. The summed E-state index contributed by atoms with van der Waals surface area (Å²) in [7, 11) is -0.765. The molecule has 0 spiro atoms. The van der Waals surface area contributed by atoms with Gasteiger partial charge >= 0.3 is 5.97 Å². The van der Waals surface area contributed by atoms with E-state index in [0.29, 0.717) is 21.6 Å². The second-order valence-electron chi connectivity index (χ2n) is 15.6. The molecule has 2 rings (SSSR count). The van der Waals surface area contributed by atoms with Gasteiger partial charge in [0.15, 0.2) is 0 Å². The summed E-state index contributed by atoms with van der Waals surface area (Å²) in [4.78, 5) is 12.6. The van der Waals surface area contributed by atoms with E-state index >= 15 is 0 Å². The number of hydrogen-bond acceptors (Lipinski definition) is 5. The Hall–Kier alpha value is -0.290. The van der Waals surface area contributed by atoms with Gasteiger partial charge in [-0.05, 0) is 127 Å². The molecular formula is C37H56Br2Cl2O5S2. The Bertz CT molecular complexity index is 1440. The van der Waals surface area contributed by atoms with Crippen LogP contribution >= 0.6 is 55.1 Å². The smallest absolute Gasteiger partial charge is 0.309 e. The van der Waals surface area contributed by atoms with Gasteiger partial charge in [-0.3, -0.25) is 13.2 Å². The zero-order valence-electron chi connectivity index (χ0n) is 30.8. The van der Waals surface area contributed by atoms with Crippen molar-refractivity contribution in [1.82, 2.24) is 0 Å². The first-order valence-electron chi connectivity index (χ1n) is 16.1. The van der Waals surface area contributed by atoms with Crippen molar-refractivity contribution in [2.24, 2.45) is 23.7 Å². The summed E-state index contributed by atoms with van der Waals surface area (Å²) in [6.45, 7) is 24.1. The Morgan fingerprint density at radius 1 is 0.750 bits per heavy atom. The summed E-state index contributed by atoms with van der Waals surface area (Å²) in [5, 5.41) is 11.2. The first-order valence-corrected chi connectivity index (χ1v) is 21.1. The van der Waals surface area contributed by atoms with Gasteiger partial charge in [0.1, 0.15) is 0 Å². The van der Waals surface area contributed by atoms with Crippen LogP contribution in [0.1, 0.15) is 94.2 Å². The Morgan fingerprint density at radius 3 is 1.42 bits per heavy atom. The van der Waals surface area contributed by atoms with Gasteiger partial charge in [-0.25, -0.2) is 0 Å². The average Bonchev–Trinajstić information content (AvgIpc) is 2.94. The molecule has 0 heterocycles. The lowest BCUT2D eigenvalue weighted by atomic mass is 9.68. The molecule has 0 radical (unpaired) electrons. The summed E-state index contributed by atoms with van der Waals surface area (Å²) in [6, 6.07) is 11.5. The quantitative estimate of drug-likeness (QED) is 0.215. The standard InChI is InChI=1S/C19H28BrClO3S.C18H28BrClO2S/c1-12(2)16(17(22)24-7)19(6,11-25(23)18(3,4)5)13-8-9-14(20)15(21)10-13;1-12(2)14(10-21)18(6,11-23(22)17(3,4)5)13-7-8-15(19)16(20)9-13/h8-10,12,16H,11H2,1-7H3;7-9,12,14,21H,10-11H2,1-6H3/t16?,19-,25+;14?,18-,23+/m00/s1. The molecule has 0 amide bonds. The summed E-state index contributed by atoms with van der Waals surface area (Å²) in [5.74, 6) is 0.431. The van der Waals surface area contributed by atoms with Crippen molar-refractivity contribution in [2.45, 2.75) is 103 Å². The Labute approximate surface area is 322 Å². The molecule has 0 saturated carbocycles. The van der Waals surface area contributed by atoms with Crippen LogP contribution in [-0.4, -0.2) is 54.2 Å². The van der Waals surface area contributed by atoms with Crippen LogP contribution in [0, 0.1) is 23.7 Å². The molecule has 0 aromatic heterocycles. The van der Waals surface area contributed by atoms with Crippen molar-refractivity contribution in [2.75, 3.05) is 25.2 Å². The first-order chi connectivity index (χ1) is 21.8. The van der Waals surface area contributed by atoms with Crippen LogP contribution in [0.2, 0.25) is 10.0 Å². The SMILES string of the molecule is CC(C)C(CO)[C@@](C)(C[S@@](=O)C(C)(C)C)c1ccc(Br)c(Cl)c1.COC(=O)C(C(C)C)[C@@](C)(C[S@@](=O)C(C)(C)C)c1ccc(Br)c(Cl)c1. The minimum atomic E-state index is -1.14. The molecule has 2 aromatic rings. The van der Waals surface area contributed by atoms with E-state index in [4.69, 9.17) is 27.9 Å². The third kappa shape index (κ3) is 11.9. The van der Waals surface area contributed by atoms with Crippen LogP contribution < -0.4 is 0 Å². The van der Waals surface area contributed by atoms with Crippen LogP contribution in [-0.2, 0) is 42.0 Å². The molecule has 0 aliphatic carbocycles. The van der Waals surface area contributed by atoms with Gasteiger partial charge < -0.3 is 9.84 Å². The average molecular weight is 876 g/mol. The van der Waals surface area contributed by atoms with E-state index in [-0.39, 0.29) is 39.8 Å². The summed E-state index contributed by atoms with van der Waals surface area (Å²) >= 11 is 19.4. The molecule has 48 heavy (non-hydrogen) atoms. The summed E-state index contributed by atoms with van der Waals surface area (Å²) in [5.41, 5.74) is 0.841. The van der Waals surface area contributed by atoms with Crippen LogP contribution in [0.5, 0.6) is 0 Å². The van der Waals surface area contributed by atoms with E-state index in [0.717, 1.165) is 20.1 Å². The van der Waals surface area contributed by atoms with Crippen LogP contribution in [0.4, 0.5) is 0 Å². The molecule has 0 bridgehead atoms. The third-order valence-corrected chi connectivity index (χ3v) is 15.9. The van der Waals surface area contributed by atoms with Crippen LogP contribution in [0.3, 0.4) is 0 Å². The number of rotatable bonds is 12. The van der Waals surface area contributed by atoms with Gasteiger partial charge in [0.05, 0.1) is 23.1 Å². The van der Waals surface area contributed by atoms with Crippen molar-refractivity contribution >= 4 is 82.6 Å².